The van der Waals surface area contributed by atoms with E-state index in [1.165, 1.54) is 0 Å². The molecular formula is C18H21N5O2. The third kappa shape index (κ3) is 2.90. The van der Waals surface area contributed by atoms with Gasteiger partial charge >= 0.3 is 0 Å². The van der Waals surface area contributed by atoms with E-state index in [-0.39, 0.29) is 17.2 Å². The van der Waals surface area contributed by atoms with E-state index in [9.17, 15) is 9.59 Å². The largest absolute Gasteiger partial charge is 0.356 e. The number of aromatic nitrogens is 3. The lowest BCUT2D eigenvalue weighted by Gasteiger charge is -2.38. The zero-order valence-corrected chi connectivity index (χ0v) is 14.2. The van der Waals surface area contributed by atoms with Gasteiger partial charge in [0.2, 0.25) is 5.91 Å². The van der Waals surface area contributed by atoms with Gasteiger partial charge in [0, 0.05) is 57.3 Å². The van der Waals surface area contributed by atoms with Crippen LogP contribution in [-0.2, 0) is 11.8 Å². The molecule has 0 atom stereocenters. The summed E-state index contributed by atoms with van der Waals surface area (Å²) in [6, 6.07) is 3.75. The molecule has 1 spiro atoms. The molecule has 25 heavy (non-hydrogen) atoms. The number of piperidine rings is 1. The lowest BCUT2D eigenvalue weighted by atomic mass is 9.77. The normalized spacial score (nSPS) is 19.2. The molecule has 0 aliphatic carbocycles. The van der Waals surface area contributed by atoms with Gasteiger partial charge in [0.1, 0.15) is 5.69 Å². The van der Waals surface area contributed by atoms with Crippen molar-refractivity contribution < 1.29 is 9.59 Å². The number of amides is 2. The first-order chi connectivity index (χ1) is 12.1. The van der Waals surface area contributed by atoms with Crippen LogP contribution in [0.25, 0.3) is 11.3 Å². The summed E-state index contributed by atoms with van der Waals surface area (Å²) >= 11 is 0. The minimum atomic E-state index is -0.000847. The highest BCUT2D eigenvalue weighted by Gasteiger charge is 2.42. The number of carbonyl (C=O) groups excluding carboxylic acids is 2. The van der Waals surface area contributed by atoms with Crippen LogP contribution in [0.2, 0.25) is 0 Å². The number of likely N-dealkylation sites (tertiary alicyclic amines) is 1. The quantitative estimate of drug-likeness (QED) is 0.892. The summed E-state index contributed by atoms with van der Waals surface area (Å²) in [5.41, 5.74) is 2.14. The Labute approximate surface area is 146 Å². The molecule has 2 saturated heterocycles. The maximum atomic E-state index is 13.0. The van der Waals surface area contributed by atoms with E-state index < -0.39 is 0 Å². The molecule has 7 nitrogen and oxygen atoms in total. The molecule has 4 rings (SSSR count). The molecule has 0 aromatic carbocycles. The summed E-state index contributed by atoms with van der Waals surface area (Å²) in [6.07, 6.45) is 7.51. The lowest BCUT2D eigenvalue weighted by molar-refractivity contribution is -0.119. The van der Waals surface area contributed by atoms with Gasteiger partial charge in [-0.2, -0.15) is 5.10 Å². The Morgan fingerprint density at radius 3 is 2.76 bits per heavy atom. The summed E-state index contributed by atoms with van der Waals surface area (Å²) in [5.74, 6) is 0.130. The fraction of sp³-hybridized carbons (Fsp3) is 0.444. The van der Waals surface area contributed by atoms with Crippen LogP contribution in [0.15, 0.2) is 30.7 Å². The first kappa shape index (κ1) is 15.8. The number of nitrogens with zero attached hydrogens (tertiary/aromatic N) is 4. The van der Waals surface area contributed by atoms with Gasteiger partial charge in [-0.05, 0) is 30.4 Å². The molecule has 0 saturated carbocycles. The van der Waals surface area contributed by atoms with Crippen molar-refractivity contribution in [2.45, 2.75) is 19.3 Å². The Hall–Kier alpha value is -2.70. The Morgan fingerprint density at radius 2 is 2.12 bits per heavy atom. The van der Waals surface area contributed by atoms with Crippen molar-refractivity contribution in [3.63, 3.8) is 0 Å². The number of hydrogen-bond donors (Lipinski definition) is 1. The van der Waals surface area contributed by atoms with E-state index >= 15 is 0 Å². The Kier molecular flexibility index (Phi) is 3.78. The molecule has 0 unspecified atom stereocenters. The summed E-state index contributed by atoms with van der Waals surface area (Å²) < 4.78 is 1.67. The number of aryl methyl sites for hydroxylation is 1. The molecule has 2 aromatic heterocycles. The molecule has 1 N–H and O–H groups in total. The van der Waals surface area contributed by atoms with E-state index in [1.54, 1.807) is 23.3 Å². The van der Waals surface area contributed by atoms with Crippen LogP contribution >= 0.6 is 0 Å². The van der Waals surface area contributed by atoms with Crippen LogP contribution in [0.1, 0.15) is 29.6 Å². The Morgan fingerprint density at radius 1 is 1.32 bits per heavy atom. The third-order valence-electron chi connectivity index (χ3n) is 5.30. The van der Waals surface area contributed by atoms with Crippen LogP contribution in [0.4, 0.5) is 0 Å². The molecule has 0 bridgehead atoms. The van der Waals surface area contributed by atoms with Crippen LogP contribution in [0.3, 0.4) is 0 Å². The van der Waals surface area contributed by atoms with Gasteiger partial charge in [-0.1, -0.05) is 0 Å². The summed E-state index contributed by atoms with van der Waals surface area (Å²) in [4.78, 5) is 30.6. The molecule has 7 heteroatoms. The SMILES string of the molecule is Cn1cc(C(=O)N2CCC3(CC2)CNC(=O)C3)c(-c2cccnc2)n1. The fourth-order valence-corrected chi connectivity index (χ4v) is 3.82. The first-order valence-corrected chi connectivity index (χ1v) is 8.56. The van der Waals surface area contributed by atoms with Gasteiger partial charge in [0.25, 0.3) is 5.91 Å². The minimum Gasteiger partial charge on any atom is -0.356 e. The van der Waals surface area contributed by atoms with Crippen LogP contribution in [0.5, 0.6) is 0 Å². The van der Waals surface area contributed by atoms with Crippen molar-refractivity contribution in [2.24, 2.45) is 12.5 Å². The highest BCUT2D eigenvalue weighted by molar-refractivity contribution is 5.99. The van der Waals surface area contributed by atoms with Crippen molar-refractivity contribution in [2.75, 3.05) is 19.6 Å². The van der Waals surface area contributed by atoms with Crippen molar-refractivity contribution in [3.05, 3.63) is 36.3 Å². The summed E-state index contributed by atoms with van der Waals surface area (Å²) in [5, 5.41) is 7.38. The van der Waals surface area contributed by atoms with Crippen LogP contribution in [-0.4, -0.2) is 51.1 Å². The molecule has 2 aromatic rings. The number of carbonyl (C=O) groups is 2. The average molecular weight is 339 g/mol. The number of nitrogens with one attached hydrogen (secondary N) is 1. The van der Waals surface area contributed by atoms with E-state index in [1.807, 2.05) is 24.1 Å². The minimum absolute atomic E-state index is 0.000847. The maximum Gasteiger partial charge on any atom is 0.257 e. The van der Waals surface area contributed by atoms with Gasteiger partial charge in [-0.25, -0.2) is 0 Å². The van der Waals surface area contributed by atoms with Crippen molar-refractivity contribution in [3.8, 4) is 11.3 Å². The van der Waals surface area contributed by atoms with Gasteiger partial charge in [0.05, 0.1) is 5.56 Å². The Bertz CT molecular complexity index is 806. The van der Waals surface area contributed by atoms with E-state index in [0.29, 0.717) is 30.8 Å². The van der Waals surface area contributed by atoms with Gasteiger partial charge in [0.15, 0.2) is 0 Å². The average Bonchev–Trinajstić information content (AvgIpc) is 3.19. The summed E-state index contributed by atoms with van der Waals surface area (Å²) in [7, 11) is 1.82. The summed E-state index contributed by atoms with van der Waals surface area (Å²) in [6.45, 7) is 2.09. The number of pyridine rings is 1. The number of rotatable bonds is 2. The molecule has 2 aliphatic rings. The molecule has 2 amide bonds. The van der Waals surface area contributed by atoms with Gasteiger partial charge in [-0.3, -0.25) is 19.3 Å². The van der Waals surface area contributed by atoms with Gasteiger partial charge < -0.3 is 10.2 Å². The molecule has 2 fully saturated rings. The predicted molar refractivity (Wildman–Crippen MR) is 91.6 cm³/mol. The molecule has 0 radical (unpaired) electrons. The lowest BCUT2D eigenvalue weighted by Crippen LogP contribution is -2.44. The second-order valence-electron chi connectivity index (χ2n) is 7.05. The van der Waals surface area contributed by atoms with Crippen molar-refractivity contribution in [1.82, 2.24) is 25.0 Å². The van der Waals surface area contributed by atoms with Crippen LogP contribution in [0, 0.1) is 5.41 Å². The predicted octanol–water partition coefficient (Wildman–Crippen LogP) is 1.22. The highest BCUT2D eigenvalue weighted by Crippen LogP contribution is 2.38. The van der Waals surface area contributed by atoms with Crippen molar-refractivity contribution >= 4 is 11.8 Å². The van der Waals surface area contributed by atoms with E-state index in [2.05, 4.69) is 15.4 Å². The Balaban J connectivity index is 1.54. The molecule has 130 valence electrons. The smallest absolute Gasteiger partial charge is 0.257 e. The molecule has 4 heterocycles. The standard InChI is InChI=1S/C18H21N5O2/c1-22-11-14(16(21-22)13-3-2-6-19-10-13)17(25)23-7-4-18(5-8-23)9-15(24)20-12-18/h2-3,6,10-11H,4-5,7-9,12H2,1H3,(H,20,24). The second-order valence-corrected chi connectivity index (χ2v) is 7.05. The number of hydrogen-bond acceptors (Lipinski definition) is 4. The zero-order valence-electron chi connectivity index (χ0n) is 14.2. The third-order valence-corrected chi connectivity index (χ3v) is 5.30. The first-order valence-electron chi connectivity index (χ1n) is 8.56. The monoisotopic (exact) mass is 339 g/mol. The zero-order chi connectivity index (χ0) is 17.4. The van der Waals surface area contributed by atoms with Crippen molar-refractivity contribution in [1.29, 1.82) is 0 Å². The topological polar surface area (TPSA) is 80.1 Å². The van der Waals surface area contributed by atoms with E-state index in [4.69, 9.17) is 0 Å². The highest BCUT2D eigenvalue weighted by atomic mass is 16.2. The second kappa shape index (κ2) is 5.98. The fourth-order valence-electron chi connectivity index (χ4n) is 3.82. The maximum absolute atomic E-state index is 13.0. The van der Waals surface area contributed by atoms with Gasteiger partial charge in [-0.15, -0.1) is 0 Å². The van der Waals surface area contributed by atoms with Crippen LogP contribution < -0.4 is 5.32 Å². The molecule has 2 aliphatic heterocycles. The molecular weight excluding hydrogens is 318 g/mol. The van der Waals surface area contributed by atoms with E-state index in [0.717, 1.165) is 24.9 Å².